The molecule has 0 aliphatic heterocycles. The lowest BCUT2D eigenvalue weighted by Crippen LogP contribution is -1.97. The monoisotopic (exact) mass is 277 g/mol. The molecule has 19 heavy (non-hydrogen) atoms. The molecule has 0 atom stereocenters. The van der Waals surface area contributed by atoms with Gasteiger partial charge < -0.3 is 15.2 Å². The standard InChI is InChI=1S/C15H16ClNO2/c1-2-9-18-14-5-3-4-6-15(14)19-13-8-7-11(17)10-12(13)16/h3-8,10H,2,9,17H2,1H3. The molecule has 0 aliphatic carbocycles. The van der Waals surface area contributed by atoms with Crippen molar-refractivity contribution >= 4 is 17.3 Å². The molecule has 2 aromatic rings. The normalized spacial score (nSPS) is 10.2. The summed E-state index contributed by atoms with van der Waals surface area (Å²) >= 11 is 6.09. The third-order valence-corrected chi connectivity index (χ3v) is 2.78. The number of hydrogen-bond donors (Lipinski definition) is 1. The summed E-state index contributed by atoms with van der Waals surface area (Å²) in [6, 6.07) is 12.7. The Morgan fingerprint density at radius 1 is 1.05 bits per heavy atom. The SMILES string of the molecule is CCCOc1ccccc1Oc1ccc(N)cc1Cl. The van der Waals surface area contributed by atoms with Crippen molar-refractivity contribution in [3.8, 4) is 17.2 Å². The number of halogens is 1. The summed E-state index contributed by atoms with van der Waals surface area (Å²) < 4.78 is 11.4. The number of para-hydroxylation sites is 2. The molecule has 0 fully saturated rings. The molecule has 2 N–H and O–H groups in total. The Balaban J connectivity index is 2.22. The highest BCUT2D eigenvalue weighted by atomic mass is 35.5. The first-order chi connectivity index (χ1) is 9.20. The van der Waals surface area contributed by atoms with Gasteiger partial charge in [0, 0.05) is 5.69 Å². The lowest BCUT2D eigenvalue weighted by Gasteiger charge is -2.12. The van der Waals surface area contributed by atoms with Crippen molar-refractivity contribution in [2.24, 2.45) is 0 Å². The van der Waals surface area contributed by atoms with Crippen LogP contribution in [0, 0.1) is 0 Å². The van der Waals surface area contributed by atoms with E-state index in [0.29, 0.717) is 34.6 Å². The summed E-state index contributed by atoms with van der Waals surface area (Å²) in [7, 11) is 0. The maximum absolute atomic E-state index is 6.09. The number of hydrogen-bond acceptors (Lipinski definition) is 3. The van der Waals surface area contributed by atoms with Crippen LogP contribution >= 0.6 is 11.6 Å². The van der Waals surface area contributed by atoms with Crippen molar-refractivity contribution in [2.45, 2.75) is 13.3 Å². The second-order valence-electron chi connectivity index (χ2n) is 4.09. The summed E-state index contributed by atoms with van der Waals surface area (Å²) in [5, 5.41) is 0.477. The van der Waals surface area contributed by atoms with E-state index in [0.717, 1.165) is 6.42 Å². The molecule has 100 valence electrons. The van der Waals surface area contributed by atoms with Gasteiger partial charge in [-0.3, -0.25) is 0 Å². The maximum Gasteiger partial charge on any atom is 0.169 e. The van der Waals surface area contributed by atoms with E-state index in [1.807, 2.05) is 24.3 Å². The fraction of sp³-hybridized carbons (Fsp3) is 0.200. The van der Waals surface area contributed by atoms with Crippen LogP contribution in [0.25, 0.3) is 0 Å². The summed E-state index contributed by atoms with van der Waals surface area (Å²) in [6.07, 6.45) is 0.941. The van der Waals surface area contributed by atoms with Crippen LogP contribution in [0.3, 0.4) is 0 Å². The molecular formula is C15H16ClNO2. The minimum Gasteiger partial charge on any atom is -0.490 e. The average Bonchev–Trinajstić information content (AvgIpc) is 2.41. The van der Waals surface area contributed by atoms with Crippen LogP contribution in [0.2, 0.25) is 5.02 Å². The topological polar surface area (TPSA) is 44.5 Å². The predicted octanol–water partition coefficient (Wildman–Crippen LogP) is 4.50. The molecule has 0 aliphatic rings. The molecule has 0 saturated carbocycles. The molecule has 0 spiro atoms. The summed E-state index contributed by atoms with van der Waals surface area (Å²) in [4.78, 5) is 0. The zero-order valence-electron chi connectivity index (χ0n) is 10.7. The third kappa shape index (κ3) is 3.55. The van der Waals surface area contributed by atoms with Crippen LogP contribution in [0.4, 0.5) is 5.69 Å². The minimum absolute atomic E-state index is 0.477. The lowest BCUT2D eigenvalue weighted by atomic mass is 10.3. The minimum atomic E-state index is 0.477. The second kappa shape index (κ2) is 6.34. The fourth-order valence-corrected chi connectivity index (χ4v) is 1.81. The Morgan fingerprint density at radius 2 is 1.79 bits per heavy atom. The zero-order chi connectivity index (χ0) is 13.7. The first-order valence-electron chi connectivity index (χ1n) is 6.15. The summed E-state index contributed by atoms with van der Waals surface area (Å²) in [5.41, 5.74) is 6.26. The molecule has 2 rings (SSSR count). The Hall–Kier alpha value is -1.87. The molecule has 0 bridgehead atoms. The highest BCUT2D eigenvalue weighted by molar-refractivity contribution is 6.32. The van der Waals surface area contributed by atoms with Gasteiger partial charge in [0.1, 0.15) is 5.75 Å². The van der Waals surface area contributed by atoms with Crippen molar-refractivity contribution in [3.63, 3.8) is 0 Å². The van der Waals surface area contributed by atoms with E-state index < -0.39 is 0 Å². The lowest BCUT2D eigenvalue weighted by molar-refractivity contribution is 0.302. The van der Waals surface area contributed by atoms with Crippen molar-refractivity contribution < 1.29 is 9.47 Å². The average molecular weight is 278 g/mol. The maximum atomic E-state index is 6.09. The Labute approximate surface area is 117 Å². The van der Waals surface area contributed by atoms with Gasteiger partial charge in [-0.1, -0.05) is 30.7 Å². The van der Waals surface area contributed by atoms with Gasteiger partial charge in [0.05, 0.1) is 11.6 Å². The van der Waals surface area contributed by atoms with Crippen LogP contribution in [-0.2, 0) is 0 Å². The highest BCUT2D eigenvalue weighted by Crippen LogP contribution is 2.35. The van der Waals surface area contributed by atoms with E-state index in [9.17, 15) is 0 Å². The molecular weight excluding hydrogens is 262 g/mol. The van der Waals surface area contributed by atoms with Gasteiger partial charge in [0.25, 0.3) is 0 Å². The molecule has 0 aromatic heterocycles. The van der Waals surface area contributed by atoms with Crippen LogP contribution in [0.5, 0.6) is 17.2 Å². The first kappa shape index (κ1) is 13.6. The smallest absolute Gasteiger partial charge is 0.169 e. The second-order valence-corrected chi connectivity index (χ2v) is 4.49. The van der Waals surface area contributed by atoms with Crippen LogP contribution in [0.1, 0.15) is 13.3 Å². The Morgan fingerprint density at radius 3 is 2.47 bits per heavy atom. The molecule has 0 radical (unpaired) electrons. The van der Waals surface area contributed by atoms with Gasteiger partial charge in [-0.15, -0.1) is 0 Å². The van der Waals surface area contributed by atoms with E-state index in [-0.39, 0.29) is 0 Å². The molecule has 2 aromatic carbocycles. The highest BCUT2D eigenvalue weighted by Gasteiger charge is 2.08. The Bertz CT molecular complexity index is 558. The van der Waals surface area contributed by atoms with Crippen molar-refractivity contribution in [3.05, 3.63) is 47.5 Å². The van der Waals surface area contributed by atoms with Crippen LogP contribution in [-0.4, -0.2) is 6.61 Å². The number of anilines is 1. The quantitative estimate of drug-likeness (QED) is 0.818. The van der Waals surface area contributed by atoms with E-state index in [1.165, 1.54) is 0 Å². The third-order valence-electron chi connectivity index (χ3n) is 2.49. The summed E-state index contributed by atoms with van der Waals surface area (Å²) in [6.45, 7) is 2.70. The van der Waals surface area contributed by atoms with E-state index in [4.69, 9.17) is 26.8 Å². The zero-order valence-corrected chi connectivity index (χ0v) is 11.5. The van der Waals surface area contributed by atoms with Crippen LogP contribution < -0.4 is 15.2 Å². The molecule has 4 heteroatoms. The van der Waals surface area contributed by atoms with Crippen molar-refractivity contribution in [1.82, 2.24) is 0 Å². The van der Waals surface area contributed by atoms with Crippen molar-refractivity contribution in [1.29, 1.82) is 0 Å². The van der Waals surface area contributed by atoms with Gasteiger partial charge in [0.15, 0.2) is 11.5 Å². The predicted molar refractivity (Wildman–Crippen MR) is 78.2 cm³/mol. The van der Waals surface area contributed by atoms with Crippen LogP contribution in [0.15, 0.2) is 42.5 Å². The first-order valence-corrected chi connectivity index (χ1v) is 6.53. The number of nitrogens with two attached hydrogens (primary N) is 1. The van der Waals surface area contributed by atoms with E-state index in [2.05, 4.69) is 6.92 Å². The number of benzene rings is 2. The molecule has 0 saturated heterocycles. The van der Waals surface area contributed by atoms with Gasteiger partial charge >= 0.3 is 0 Å². The van der Waals surface area contributed by atoms with Gasteiger partial charge in [-0.05, 0) is 36.8 Å². The van der Waals surface area contributed by atoms with Crippen molar-refractivity contribution in [2.75, 3.05) is 12.3 Å². The number of ether oxygens (including phenoxy) is 2. The van der Waals surface area contributed by atoms with E-state index in [1.54, 1.807) is 18.2 Å². The molecule has 0 heterocycles. The molecule has 0 unspecified atom stereocenters. The number of nitrogen functional groups attached to an aromatic ring is 1. The summed E-state index contributed by atoms with van der Waals surface area (Å²) in [5.74, 6) is 1.91. The number of rotatable bonds is 5. The van der Waals surface area contributed by atoms with Gasteiger partial charge in [-0.2, -0.15) is 0 Å². The molecule has 3 nitrogen and oxygen atoms in total. The molecule has 0 amide bonds. The fourth-order valence-electron chi connectivity index (χ4n) is 1.58. The van der Waals surface area contributed by atoms with E-state index >= 15 is 0 Å². The Kier molecular flexibility index (Phi) is 4.53. The largest absolute Gasteiger partial charge is 0.490 e. The van der Waals surface area contributed by atoms with Gasteiger partial charge in [-0.25, -0.2) is 0 Å². The van der Waals surface area contributed by atoms with Gasteiger partial charge in [0.2, 0.25) is 0 Å².